The fourth-order valence-corrected chi connectivity index (χ4v) is 1.28. The highest BCUT2D eigenvalue weighted by Gasteiger charge is 2.13. The Hall–Kier alpha value is -2.86. The molecule has 0 aromatic heterocycles. The van der Waals surface area contributed by atoms with Gasteiger partial charge in [0.15, 0.2) is 0 Å². The monoisotopic (exact) mass is 306 g/mol. The van der Waals surface area contributed by atoms with E-state index >= 15 is 0 Å². The molecule has 0 bridgehead atoms. The Balaban J connectivity index is 0.000000372. The minimum Gasteiger partial charge on any atom is -0.508 e. The van der Waals surface area contributed by atoms with Gasteiger partial charge >= 0.3 is 11.9 Å². The van der Waals surface area contributed by atoms with Crippen LogP contribution >= 0.6 is 0 Å². The Morgan fingerprint density at radius 2 is 1.14 bits per heavy atom. The van der Waals surface area contributed by atoms with Gasteiger partial charge in [-0.25, -0.2) is 9.59 Å². The number of carbonyl (C=O) groups is 2. The fraction of sp³-hybridized carbons (Fsp3) is 0.125. The first-order chi connectivity index (χ1) is 10.4. The van der Waals surface area contributed by atoms with Crippen LogP contribution in [0.4, 0.5) is 0 Å². The van der Waals surface area contributed by atoms with Gasteiger partial charge in [-0.2, -0.15) is 0 Å². The van der Waals surface area contributed by atoms with Gasteiger partial charge in [0.2, 0.25) is 0 Å². The Labute approximate surface area is 127 Å². The number of aliphatic hydroxyl groups is 1. The molecule has 0 heterocycles. The molecular formula is C16H18O6. The van der Waals surface area contributed by atoms with Gasteiger partial charge in [0.05, 0.1) is 11.1 Å². The van der Waals surface area contributed by atoms with Crippen molar-refractivity contribution in [3.63, 3.8) is 0 Å². The molecule has 0 spiro atoms. The van der Waals surface area contributed by atoms with Gasteiger partial charge < -0.3 is 20.4 Å². The molecule has 6 heteroatoms. The van der Waals surface area contributed by atoms with Crippen LogP contribution in [0.1, 0.15) is 27.6 Å². The number of aliphatic hydroxyl groups excluding tert-OH is 1. The maximum Gasteiger partial charge on any atom is 0.336 e. The summed E-state index contributed by atoms with van der Waals surface area (Å²) in [5.41, 5.74) is -0.380. The molecule has 2 rings (SSSR count). The van der Waals surface area contributed by atoms with Gasteiger partial charge in [-0.3, -0.25) is 0 Å². The van der Waals surface area contributed by atoms with Gasteiger partial charge in [-0.15, -0.1) is 0 Å². The average Bonchev–Trinajstić information content (AvgIpc) is 2.49. The third-order valence-corrected chi connectivity index (χ3v) is 2.14. The zero-order chi connectivity index (χ0) is 17.0. The van der Waals surface area contributed by atoms with Crippen LogP contribution in [0.5, 0.6) is 5.75 Å². The van der Waals surface area contributed by atoms with E-state index in [4.69, 9.17) is 20.4 Å². The number of aromatic hydroxyl groups is 1. The highest BCUT2D eigenvalue weighted by atomic mass is 16.4. The molecule has 0 saturated heterocycles. The standard InChI is InChI=1S/C8H6O4.C6H6O.C2H6O/c9-7(10)5-3-1-2-4-6(5)8(11)12;7-6-4-2-1-3-5-6;1-2-3/h1-4H,(H,9,10)(H,11,12);1-5,7H;3H,2H2,1H3. The van der Waals surface area contributed by atoms with Crippen molar-refractivity contribution in [3.8, 4) is 5.75 Å². The minimum absolute atomic E-state index is 0.190. The Morgan fingerprint density at radius 3 is 1.36 bits per heavy atom. The van der Waals surface area contributed by atoms with Crippen LogP contribution in [0.25, 0.3) is 0 Å². The summed E-state index contributed by atoms with van der Waals surface area (Å²) in [5, 5.41) is 33.3. The molecule has 0 aliphatic heterocycles. The zero-order valence-corrected chi connectivity index (χ0v) is 12.0. The average molecular weight is 306 g/mol. The van der Waals surface area contributed by atoms with E-state index in [1.807, 2.05) is 6.07 Å². The number of hydrogen-bond donors (Lipinski definition) is 4. The molecule has 4 N–H and O–H groups in total. The highest BCUT2D eigenvalue weighted by Crippen LogP contribution is 2.07. The molecular weight excluding hydrogens is 288 g/mol. The second-order valence-electron chi connectivity index (χ2n) is 3.81. The lowest BCUT2D eigenvalue weighted by Gasteiger charge is -1.98. The first-order valence-electron chi connectivity index (χ1n) is 6.34. The van der Waals surface area contributed by atoms with Gasteiger partial charge in [0.25, 0.3) is 0 Å². The number of rotatable bonds is 2. The molecule has 2 aromatic carbocycles. The van der Waals surface area contributed by atoms with Crippen molar-refractivity contribution in [2.45, 2.75) is 6.92 Å². The molecule has 0 atom stereocenters. The Bertz CT molecular complexity index is 547. The molecule has 6 nitrogen and oxygen atoms in total. The maximum absolute atomic E-state index is 10.5. The molecule has 0 radical (unpaired) electrons. The third-order valence-electron chi connectivity index (χ3n) is 2.14. The number of aromatic carboxylic acids is 2. The van der Waals surface area contributed by atoms with Gasteiger partial charge in [-0.1, -0.05) is 30.3 Å². The molecule has 0 fully saturated rings. The minimum atomic E-state index is -1.23. The van der Waals surface area contributed by atoms with E-state index in [-0.39, 0.29) is 17.7 Å². The van der Waals surface area contributed by atoms with E-state index in [9.17, 15) is 9.59 Å². The summed E-state index contributed by atoms with van der Waals surface area (Å²) in [6, 6.07) is 14.2. The Kier molecular flexibility index (Phi) is 9.46. The van der Waals surface area contributed by atoms with Crippen LogP contribution in [0, 0.1) is 0 Å². The normalized spacial score (nSPS) is 8.64. The number of carboxylic acid groups (broad SMARTS) is 2. The summed E-state index contributed by atoms with van der Waals surface area (Å²) in [6.07, 6.45) is 0. The van der Waals surface area contributed by atoms with Gasteiger partial charge in [-0.05, 0) is 31.2 Å². The van der Waals surface area contributed by atoms with Crippen molar-refractivity contribution in [1.82, 2.24) is 0 Å². The molecule has 118 valence electrons. The van der Waals surface area contributed by atoms with E-state index in [0.717, 1.165) is 0 Å². The maximum atomic E-state index is 10.5. The summed E-state index contributed by atoms with van der Waals surface area (Å²) in [5.74, 6) is -2.14. The molecule has 0 saturated carbocycles. The van der Waals surface area contributed by atoms with Crippen LogP contribution in [-0.4, -0.2) is 39.0 Å². The van der Waals surface area contributed by atoms with Crippen molar-refractivity contribution < 1.29 is 30.0 Å². The summed E-state index contributed by atoms with van der Waals surface area (Å²) in [6.45, 7) is 1.93. The molecule has 22 heavy (non-hydrogen) atoms. The van der Waals surface area contributed by atoms with Crippen molar-refractivity contribution in [2.75, 3.05) is 6.61 Å². The van der Waals surface area contributed by atoms with E-state index in [2.05, 4.69) is 0 Å². The SMILES string of the molecule is CCO.O=C(O)c1ccccc1C(=O)O.Oc1ccccc1. The topological polar surface area (TPSA) is 115 Å². The second kappa shape index (κ2) is 10.9. The number of hydrogen-bond acceptors (Lipinski definition) is 4. The predicted octanol–water partition coefficient (Wildman–Crippen LogP) is 2.47. The number of para-hydroxylation sites is 1. The summed E-state index contributed by atoms with van der Waals surface area (Å²) in [4.78, 5) is 20.9. The van der Waals surface area contributed by atoms with E-state index in [1.54, 1.807) is 31.2 Å². The predicted molar refractivity (Wildman–Crippen MR) is 81.2 cm³/mol. The molecule has 0 amide bonds. The van der Waals surface area contributed by atoms with E-state index < -0.39 is 11.9 Å². The molecule has 0 unspecified atom stereocenters. The first-order valence-corrected chi connectivity index (χ1v) is 6.34. The quantitative estimate of drug-likeness (QED) is 0.677. The lowest BCUT2D eigenvalue weighted by molar-refractivity contribution is 0.0651. The van der Waals surface area contributed by atoms with Gasteiger partial charge in [0, 0.05) is 6.61 Å². The van der Waals surface area contributed by atoms with Crippen LogP contribution in [0.2, 0.25) is 0 Å². The summed E-state index contributed by atoms with van der Waals surface area (Å²) in [7, 11) is 0. The second-order valence-corrected chi connectivity index (χ2v) is 3.81. The lowest BCUT2D eigenvalue weighted by atomic mass is 10.1. The van der Waals surface area contributed by atoms with Crippen LogP contribution in [0.3, 0.4) is 0 Å². The van der Waals surface area contributed by atoms with Crippen molar-refractivity contribution in [1.29, 1.82) is 0 Å². The lowest BCUT2D eigenvalue weighted by Crippen LogP contribution is -2.06. The van der Waals surface area contributed by atoms with E-state index in [0.29, 0.717) is 5.75 Å². The molecule has 2 aromatic rings. The fourth-order valence-electron chi connectivity index (χ4n) is 1.28. The smallest absolute Gasteiger partial charge is 0.336 e. The van der Waals surface area contributed by atoms with Crippen LogP contribution in [0.15, 0.2) is 54.6 Å². The van der Waals surface area contributed by atoms with Crippen LogP contribution in [-0.2, 0) is 0 Å². The number of carboxylic acids is 2. The first kappa shape index (κ1) is 19.1. The Morgan fingerprint density at radius 1 is 0.818 bits per heavy atom. The molecule has 0 aliphatic carbocycles. The summed E-state index contributed by atoms with van der Waals surface area (Å²) >= 11 is 0. The van der Waals surface area contributed by atoms with Crippen molar-refractivity contribution in [2.24, 2.45) is 0 Å². The van der Waals surface area contributed by atoms with Gasteiger partial charge in [0.1, 0.15) is 5.75 Å². The van der Waals surface area contributed by atoms with E-state index in [1.165, 1.54) is 24.3 Å². The summed E-state index contributed by atoms with van der Waals surface area (Å²) < 4.78 is 0. The zero-order valence-electron chi connectivity index (χ0n) is 12.0. The number of phenolic OH excluding ortho intramolecular Hbond substituents is 1. The van der Waals surface area contributed by atoms with Crippen molar-refractivity contribution >= 4 is 11.9 Å². The highest BCUT2D eigenvalue weighted by molar-refractivity contribution is 6.01. The third kappa shape index (κ3) is 7.66. The van der Waals surface area contributed by atoms with Crippen LogP contribution < -0.4 is 0 Å². The number of benzene rings is 2. The number of phenols is 1. The molecule has 0 aliphatic rings. The largest absolute Gasteiger partial charge is 0.508 e. The van der Waals surface area contributed by atoms with Crippen molar-refractivity contribution in [3.05, 3.63) is 65.7 Å².